The Morgan fingerprint density at radius 1 is 1.24 bits per heavy atom. The fraction of sp³-hybridized carbons (Fsp3) is 0.316. The molecular formula is C19H20N4O2. The highest BCUT2D eigenvalue weighted by atomic mass is 16.5. The van der Waals surface area contributed by atoms with Crippen molar-refractivity contribution in [3.05, 3.63) is 60.2 Å². The molecule has 1 saturated heterocycles. The van der Waals surface area contributed by atoms with E-state index in [0.717, 1.165) is 19.4 Å². The molecule has 1 atom stereocenters. The van der Waals surface area contributed by atoms with E-state index in [9.17, 15) is 4.79 Å². The summed E-state index contributed by atoms with van der Waals surface area (Å²) in [6, 6.07) is 15.3. The molecule has 0 unspecified atom stereocenters. The van der Waals surface area contributed by atoms with Gasteiger partial charge in [0.25, 0.3) is 5.82 Å². The maximum Gasteiger partial charge on any atom is 0.377 e. The summed E-state index contributed by atoms with van der Waals surface area (Å²) < 4.78 is 6.37. The molecule has 3 aromatic rings. The van der Waals surface area contributed by atoms with Gasteiger partial charge in [0.2, 0.25) is 0 Å². The number of fused-ring (bicyclic) bond motifs is 1. The van der Waals surface area contributed by atoms with Crippen LogP contribution >= 0.6 is 0 Å². The quantitative estimate of drug-likeness (QED) is 0.686. The molecule has 0 spiro atoms. The number of esters is 1. The highest BCUT2D eigenvalue weighted by molar-refractivity contribution is 5.86. The number of ether oxygens (including phenoxy) is 1. The van der Waals surface area contributed by atoms with E-state index < -0.39 is 5.97 Å². The molecule has 0 bridgehead atoms. The Morgan fingerprint density at radius 3 is 2.96 bits per heavy atom. The SMILES string of the molecule is COC(=O)c1ncn(CN2CCC[C@@H]2c2cccc3ccccc23)n1. The van der Waals surface area contributed by atoms with Gasteiger partial charge in [-0.1, -0.05) is 42.5 Å². The first-order valence-corrected chi connectivity index (χ1v) is 8.46. The number of hydrogen-bond donors (Lipinski definition) is 0. The van der Waals surface area contributed by atoms with Crippen molar-refractivity contribution < 1.29 is 9.53 Å². The van der Waals surface area contributed by atoms with Gasteiger partial charge in [-0.05, 0) is 29.2 Å². The summed E-state index contributed by atoms with van der Waals surface area (Å²) in [5, 5.41) is 6.79. The van der Waals surface area contributed by atoms with Gasteiger partial charge in [0.05, 0.1) is 13.8 Å². The summed E-state index contributed by atoms with van der Waals surface area (Å²) in [5.74, 6) is -0.408. The number of carbonyl (C=O) groups excluding carboxylic acids is 1. The highest BCUT2D eigenvalue weighted by Gasteiger charge is 2.27. The second-order valence-electron chi connectivity index (χ2n) is 6.28. The molecule has 1 aliphatic rings. The van der Waals surface area contributed by atoms with Crippen molar-refractivity contribution in [1.82, 2.24) is 19.7 Å². The first-order valence-electron chi connectivity index (χ1n) is 8.46. The summed E-state index contributed by atoms with van der Waals surface area (Å²) >= 11 is 0. The molecule has 1 aliphatic heterocycles. The first-order chi connectivity index (χ1) is 12.3. The van der Waals surface area contributed by atoms with Gasteiger partial charge in [-0.15, -0.1) is 5.10 Å². The lowest BCUT2D eigenvalue weighted by Crippen LogP contribution is -2.26. The average molecular weight is 336 g/mol. The third kappa shape index (κ3) is 3.00. The van der Waals surface area contributed by atoms with Crippen LogP contribution in [-0.2, 0) is 11.4 Å². The third-order valence-corrected chi connectivity index (χ3v) is 4.78. The zero-order valence-electron chi connectivity index (χ0n) is 14.1. The van der Waals surface area contributed by atoms with Crippen LogP contribution in [0.15, 0.2) is 48.8 Å². The third-order valence-electron chi connectivity index (χ3n) is 4.78. The van der Waals surface area contributed by atoms with E-state index in [4.69, 9.17) is 0 Å². The van der Waals surface area contributed by atoms with E-state index in [1.165, 1.54) is 23.4 Å². The Hall–Kier alpha value is -2.73. The maximum atomic E-state index is 11.5. The van der Waals surface area contributed by atoms with E-state index >= 15 is 0 Å². The van der Waals surface area contributed by atoms with Crippen LogP contribution in [0.1, 0.15) is 35.1 Å². The molecular weight excluding hydrogens is 316 g/mol. The molecule has 4 rings (SSSR count). The topological polar surface area (TPSA) is 60.2 Å². The van der Waals surface area contributed by atoms with Crippen LogP contribution in [0, 0.1) is 0 Å². The molecule has 6 nitrogen and oxygen atoms in total. The van der Waals surface area contributed by atoms with Gasteiger partial charge in [-0.2, -0.15) is 0 Å². The fourth-order valence-corrected chi connectivity index (χ4v) is 3.62. The lowest BCUT2D eigenvalue weighted by molar-refractivity contribution is 0.0585. The average Bonchev–Trinajstić information content (AvgIpc) is 3.30. The molecule has 0 saturated carbocycles. The van der Waals surface area contributed by atoms with Crippen molar-refractivity contribution in [2.45, 2.75) is 25.6 Å². The van der Waals surface area contributed by atoms with E-state index in [2.05, 4.69) is 62.2 Å². The Morgan fingerprint density at radius 2 is 2.08 bits per heavy atom. The lowest BCUT2D eigenvalue weighted by Gasteiger charge is -2.25. The van der Waals surface area contributed by atoms with Gasteiger partial charge in [-0.3, -0.25) is 4.90 Å². The number of nitrogens with zero attached hydrogens (tertiary/aromatic N) is 4. The standard InChI is InChI=1S/C19H20N4O2/c1-25-19(24)18-20-12-23(21-18)13-22-11-5-10-17(22)16-9-4-7-14-6-2-3-8-15(14)16/h2-4,6-9,12,17H,5,10-11,13H2,1H3/t17-/m1/s1. The Balaban J connectivity index is 1.60. The number of rotatable bonds is 4. The Labute approximate surface area is 146 Å². The molecule has 0 aliphatic carbocycles. The lowest BCUT2D eigenvalue weighted by atomic mass is 9.97. The van der Waals surface area contributed by atoms with Gasteiger partial charge < -0.3 is 4.74 Å². The zero-order chi connectivity index (χ0) is 17.2. The van der Waals surface area contributed by atoms with Crippen molar-refractivity contribution in [2.24, 2.45) is 0 Å². The van der Waals surface area contributed by atoms with Crippen molar-refractivity contribution >= 4 is 16.7 Å². The summed E-state index contributed by atoms with van der Waals surface area (Å²) in [5.41, 5.74) is 1.35. The van der Waals surface area contributed by atoms with Gasteiger partial charge >= 0.3 is 5.97 Å². The summed E-state index contributed by atoms with van der Waals surface area (Å²) in [7, 11) is 1.33. The van der Waals surface area contributed by atoms with Crippen molar-refractivity contribution in [2.75, 3.05) is 13.7 Å². The van der Waals surface area contributed by atoms with Crippen molar-refractivity contribution in [3.63, 3.8) is 0 Å². The molecule has 2 aromatic carbocycles. The summed E-state index contributed by atoms with van der Waals surface area (Å²) in [6.07, 6.45) is 3.85. The van der Waals surface area contributed by atoms with Gasteiger partial charge in [0, 0.05) is 12.6 Å². The number of methoxy groups -OCH3 is 1. The fourth-order valence-electron chi connectivity index (χ4n) is 3.62. The molecule has 25 heavy (non-hydrogen) atoms. The second-order valence-corrected chi connectivity index (χ2v) is 6.28. The Kier molecular flexibility index (Phi) is 4.19. The minimum Gasteiger partial charge on any atom is -0.463 e. The number of benzene rings is 2. The molecule has 1 aromatic heterocycles. The zero-order valence-corrected chi connectivity index (χ0v) is 14.1. The monoisotopic (exact) mass is 336 g/mol. The van der Waals surface area contributed by atoms with Crippen LogP contribution < -0.4 is 0 Å². The smallest absolute Gasteiger partial charge is 0.377 e. The van der Waals surface area contributed by atoms with E-state index in [-0.39, 0.29) is 5.82 Å². The summed E-state index contributed by atoms with van der Waals surface area (Å²) in [4.78, 5) is 17.9. The molecule has 0 radical (unpaired) electrons. The maximum absolute atomic E-state index is 11.5. The highest BCUT2D eigenvalue weighted by Crippen LogP contribution is 2.36. The predicted octanol–water partition coefficient (Wildman–Crippen LogP) is 3.01. The largest absolute Gasteiger partial charge is 0.463 e. The molecule has 0 N–H and O–H groups in total. The minimum absolute atomic E-state index is 0.100. The normalized spacial score (nSPS) is 17.9. The van der Waals surface area contributed by atoms with Crippen LogP contribution in [0.2, 0.25) is 0 Å². The van der Waals surface area contributed by atoms with Crippen LogP contribution in [0.5, 0.6) is 0 Å². The van der Waals surface area contributed by atoms with E-state index in [1.54, 1.807) is 11.0 Å². The minimum atomic E-state index is -0.509. The van der Waals surface area contributed by atoms with Gasteiger partial charge in [0.15, 0.2) is 0 Å². The molecule has 0 amide bonds. The van der Waals surface area contributed by atoms with E-state index in [1.807, 2.05) is 0 Å². The Bertz CT molecular complexity index is 900. The first kappa shape index (κ1) is 15.8. The van der Waals surface area contributed by atoms with Crippen molar-refractivity contribution in [1.29, 1.82) is 0 Å². The number of aromatic nitrogens is 3. The van der Waals surface area contributed by atoms with Gasteiger partial charge in [0.1, 0.15) is 6.33 Å². The predicted molar refractivity (Wildman–Crippen MR) is 94.0 cm³/mol. The van der Waals surface area contributed by atoms with Gasteiger partial charge in [-0.25, -0.2) is 14.5 Å². The molecule has 2 heterocycles. The van der Waals surface area contributed by atoms with Crippen LogP contribution in [0.25, 0.3) is 10.8 Å². The number of carbonyl (C=O) groups is 1. The molecule has 6 heteroatoms. The molecule has 1 fully saturated rings. The van der Waals surface area contributed by atoms with E-state index in [0.29, 0.717) is 12.7 Å². The van der Waals surface area contributed by atoms with Crippen LogP contribution in [0.3, 0.4) is 0 Å². The second kappa shape index (κ2) is 6.64. The van der Waals surface area contributed by atoms with Crippen LogP contribution in [-0.4, -0.2) is 39.3 Å². The summed E-state index contributed by atoms with van der Waals surface area (Å²) in [6.45, 7) is 1.61. The number of likely N-dealkylation sites (tertiary alicyclic amines) is 1. The molecule has 128 valence electrons. The van der Waals surface area contributed by atoms with Crippen LogP contribution in [0.4, 0.5) is 0 Å². The van der Waals surface area contributed by atoms with Crippen molar-refractivity contribution in [3.8, 4) is 0 Å². The number of hydrogen-bond acceptors (Lipinski definition) is 5.